The third kappa shape index (κ3) is 5.83. The van der Waals surface area contributed by atoms with Crippen molar-refractivity contribution >= 4 is 17.5 Å². The molecule has 1 N–H and O–H groups in total. The molecule has 0 atom stereocenters. The smallest absolute Gasteiger partial charge is 0.226 e. The number of amides is 2. The fourth-order valence-corrected chi connectivity index (χ4v) is 2.36. The molecule has 0 radical (unpaired) electrons. The monoisotopic (exact) mass is 328 g/mol. The first-order chi connectivity index (χ1) is 11.5. The molecule has 2 rings (SSSR count). The summed E-state index contributed by atoms with van der Waals surface area (Å²) >= 11 is 0. The number of hydrogen-bond donors (Lipinski definition) is 1. The summed E-state index contributed by atoms with van der Waals surface area (Å²) in [5.74, 6) is -0.711. The van der Waals surface area contributed by atoms with Gasteiger partial charge >= 0.3 is 0 Å². The van der Waals surface area contributed by atoms with Gasteiger partial charge in [-0.1, -0.05) is 36.4 Å². The van der Waals surface area contributed by atoms with Crippen LogP contribution in [0.5, 0.6) is 0 Å². The average molecular weight is 328 g/mol. The molecule has 2 amide bonds. The first kappa shape index (κ1) is 17.7. The van der Waals surface area contributed by atoms with Gasteiger partial charge in [0.2, 0.25) is 11.8 Å². The van der Waals surface area contributed by atoms with Crippen LogP contribution in [0.25, 0.3) is 0 Å². The molecule has 0 aliphatic rings. The molecule has 0 spiro atoms. The van der Waals surface area contributed by atoms with Crippen LogP contribution >= 0.6 is 0 Å². The first-order valence-corrected chi connectivity index (χ1v) is 7.89. The Balaban J connectivity index is 1.82. The molecule has 0 bridgehead atoms. The van der Waals surface area contributed by atoms with Crippen LogP contribution in [0.4, 0.5) is 10.1 Å². The molecule has 24 heavy (non-hydrogen) atoms. The van der Waals surface area contributed by atoms with E-state index in [-0.39, 0.29) is 18.2 Å². The molecular weight excluding hydrogens is 307 g/mol. The Hall–Kier alpha value is -2.69. The maximum absolute atomic E-state index is 13.1. The molecule has 4 nitrogen and oxygen atoms in total. The third-order valence-electron chi connectivity index (χ3n) is 3.68. The van der Waals surface area contributed by atoms with Crippen molar-refractivity contribution < 1.29 is 14.0 Å². The van der Waals surface area contributed by atoms with Crippen molar-refractivity contribution in [3.05, 3.63) is 66.0 Å². The van der Waals surface area contributed by atoms with Gasteiger partial charge in [0.1, 0.15) is 5.82 Å². The quantitative estimate of drug-likeness (QED) is 0.848. The van der Waals surface area contributed by atoms with E-state index in [0.717, 1.165) is 12.0 Å². The van der Waals surface area contributed by atoms with Gasteiger partial charge in [-0.15, -0.1) is 0 Å². The van der Waals surface area contributed by atoms with E-state index < -0.39 is 5.82 Å². The van der Waals surface area contributed by atoms with Crippen molar-refractivity contribution in [2.24, 2.45) is 0 Å². The van der Waals surface area contributed by atoms with Crippen LogP contribution in [0, 0.1) is 5.82 Å². The Morgan fingerprint density at radius 1 is 1.04 bits per heavy atom. The minimum absolute atomic E-state index is 0.0653. The summed E-state index contributed by atoms with van der Waals surface area (Å²) in [7, 11) is 0. The van der Waals surface area contributed by atoms with Crippen molar-refractivity contribution in [1.82, 2.24) is 4.90 Å². The van der Waals surface area contributed by atoms with E-state index in [4.69, 9.17) is 0 Å². The van der Waals surface area contributed by atoms with Gasteiger partial charge in [-0.3, -0.25) is 9.59 Å². The summed E-state index contributed by atoms with van der Waals surface area (Å²) in [6.07, 6.45) is 0.914. The Morgan fingerprint density at radius 3 is 2.46 bits per heavy atom. The normalized spacial score (nSPS) is 10.2. The van der Waals surface area contributed by atoms with Gasteiger partial charge in [0.25, 0.3) is 0 Å². The third-order valence-corrected chi connectivity index (χ3v) is 3.68. The number of carbonyl (C=O) groups is 2. The average Bonchev–Trinajstić information content (AvgIpc) is 2.55. The van der Waals surface area contributed by atoms with Gasteiger partial charge in [0.05, 0.1) is 0 Å². The molecule has 0 saturated carbocycles. The molecule has 0 unspecified atom stereocenters. The highest BCUT2D eigenvalue weighted by Gasteiger charge is 2.11. The molecule has 0 heterocycles. The Labute approximate surface area is 141 Å². The number of nitrogens with one attached hydrogen (secondary N) is 1. The van der Waals surface area contributed by atoms with Crippen LogP contribution in [0.1, 0.15) is 18.9 Å². The van der Waals surface area contributed by atoms with Gasteiger partial charge in [-0.2, -0.15) is 0 Å². The van der Waals surface area contributed by atoms with E-state index in [0.29, 0.717) is 18.8 Å². The molecule has 0 fully saturated rings. The number of nitrogens with zero attached hydrogens (tertiary/aromatic N) is 1. The van der Waals surface area contributed by atoms with Crippen LogP contribution in [0.15, 0.2) is 54.6 Å². The van der Waals surface area contributed by atoms with Crippen molar-refractivity contribution in [3.63, 3.8) is 0 Å². The summed E-state index contributed by atoms with van der Waals surface area (Å²) in [6, 6.07) is 15.6. The molecule has 2 aromatic carbocycles. The van der Waals surface area contributed by atoms with E-state index in [1.807, 2.05) is 30.3 Å². The second-order valence-electron chi connectivity index (χ2n) is 5.55. The van der Waals surface area contributed by atoms with Crippen LogP contribution < -0.4 is 5.32 Å². The lowest BCUT2D eigenvalue weighted by Crippen LogP contribution is -2.33. The number of hydrogen-bond acceptors (Lipinski definition) is 2. The van der Waals surface area contributed by atoms with Crippen LogP contribution in [-0.2, 0) is 16.0 Å². The van der Waals surface area contributed by atoms with Crippen molar-refractivity contribution in [2.45, 2.75) is 19.8 Å². The first-order valence-electron chi connectivity index (χ1n) is 7.89. The second-order valence-corrected chi connectivity index (χ2v) is 5.55. The Bertz CT molecular complexity index is 689. The number of anilines is 1. The zero-order valence-electron chi connectivity index (χ0n) is 13.7. The minimum Gasteiger partial charge on any atom is -0.342 e. The largest absolute Gasteiger partial charge is 0.342 e. The molecule has 5 heteroatoms. The molecule has 0 aliphatic heterocycles. The fourth-order valence-electron chi connectivity index (χ4n) is 2.36. The van der Waals surface area contributed by atoms with Crippen molar-refractivity contribution in [3.8, 4) is 0 Å². The lowest BCUT2D eigenvalue weighted by molar-refractivity contribution is -0.129. The zero-order chi connectivity index (χ0) is 17.4. The van der Waals surface area contributed by atoms with E-state index in [2.05, 4.69) is 5.32 Å². The maximum Gasteiger partial charge on any atom is 0.226 e. The highest BCUT2D eigenvalue weighted by atomic mass is 19.1. The number of halogens is 1. The summed E-state index contributed by atoms with van der Waals surface area (Å²) in [5.41, 5.74) is 1.56. The number of rotatable bonds is 7. The van der Waals surface area contributed by atoms with Gasteiger partial charge < -0.3 is 10.2 Å². The predicted molar refractivity (Wildman–Crippen MR) is 92.0 cm³/mol. The molecule has 0 aliphatic carbocycles. The maximum atomic E-state index is 13.1. The highest BCUT2D eigenvalue weighted by molar-refractivity contribution is 5.91. The summed E-state index contributed by atoms with van der Waals surface area (Å²) in [5, 5.41) is 2.63. The standard InChI is InChI=1S/C19H21FN2O2/c1-15(23)22(12-10-16-6-3-2-4-7-16)13-11-19(24)21-18-9-5-8-17(20)14-18/h2-9,14H,10-13H2,1H3,(H,21,24). The van der Waals surface area contributed by atoms with Crippen LogP contribution in [0.2, 0.25) is 0 Å². The molecule has 2 aromatic rings. The molecular formula is C19H21FN2O2. The summed E-state index contributed by atoms with van der Waals surface area (Å²) in [4.78, 5) is 25.3. The van der Waals surface area contributed by atoms with Gasteiger partial charge in [0, 0.05) is 32.1 Å². The molecule has 126 valence electrons. The summed E-state index contributed by atoms with van der Waals surface area (Å²) < 4.78 is 13.1. The Morgan fingerprint density at radius 2 is 1.79 bits per heavy atom. The lowest BCUT2D eigenvalue weighted by atomic mass is 10.1. The summed E-state index contributed by atoms with van der Waals surface area (Å²) in [6.45, 7) is 2.39. The SMILES string of the molecule is CC(=O)N(CCC(=O)Nc1cccc(F)c1)CCc1ccccc1. The Kier molecular flexibility index (Phi) is 6.49. The van der Waals surface area contributed by atoms with E-state index >= 15 is 0 Å². The number of benzene rings is 2. The molecule has 0 saturated heterocycles. The number of carbonyl (C=O) groups excluding carboxylic acids is 2. The lowest BCUT2D eigenvalue weighted by Gasteiger charge is -2.21. The van der Waals surface area contributed by atoms with E-state index in [1.165, 1.54) is 25.1 Å². The topological polar surface area (TPSA) is 49.4 Å². The van der Waals surface area contributed by atoms with E-state index in [9.17, 15) is 14.0 Å². The van der Waals surface area contributed by atoms with Crippen LogP contribution in [0.3, 0.4) is 0 Å². The molecule has 0 aromatic heterocycles. The highest BCUT2D eigenvalue weighted by Crippen LogP contribution is 2.10. The minimum atomic E-state index is -0.402. The van der Waals surface area contributed by atoms with Gasteiger partial charge in [-0.25, -0.2) is 4.39 Å². The van der Waals surface area contributed by atoms with Gasteiger partial charge in [-0.05, 0) is 30.2 Å². The zero-order valence-corrected chi connectivity index (χ0v) is 13.7. The van der Waals surface area contributed by atoms with Gasteiger partial charge in [0.15, 0.2) is 0 Å². The van der Waals surface area contributed by atoms with E-state index in [1.54, 1.807) is 11.0 Å². The second kappa shape index (κ2) is 8.82. The van der Waals surface area contributed by atoms with Crippen molar-refractivity contribution in [2.75, 3.05) is 18.4 Å². The predicted octanol–water partition coefficient (Wildman–Crippen LogP) is 3.25. The fraction of sp³-hybridized carbons (Fsp3) is 0.263. The van der Waals surface area contributed by atoms with Crippen LogP contribution in [-0.4, -0.2) is 29.8 Å². The van der Waals surface area contributed by atoms with Crippen molar-refractivity contribution in [1.29, 1.82) is 0 Å².